The van der Waals surface area contributed by atoms with Gasteiger partial charge in [0.1, 0.15) is 6.04 Å². The fraction of sp³-hybridized carbons (Fsp3) is 0.875. The smallest absolute Gasteiger partial charge is 0.326 e. The maximum atomic E-state index is 11.1. The van der Waals surface area contributed by atoms with Gasteiger partial charge in [0.05, 0.1) is 0 Å². The van der Waals surface area contributed by atoms with Crippen molar-refractivity contribution in [2.75, 3.05) is 0 Å². The van der Waals surface area contributed by atoms with E-state index in [1.54, 1.807) is 0 Å². The maximum absolute atomic E-state index is 11.1. The number of hydrogen-bond donors (Lipinski definition) is 2. The van der Waals surface area contributed by atoms with Crippen molar-refractivity contribution < 1.29 is 9.90 Å². The number of carboxylic acids is 1. The average Bonchev–Trinajstić information content (AvgIpc) is 2.66. The van der Waals surface area contributed by atoms with Gasteiger partial charge in [0.15, 0.2) is 0 Å². The van der Waals surface area contributed by atoms with E-state index < -0.39 is 12.0 Å². The highest BCUT2D eigenvalue weighted by atomic mass is 16.4. The minimum Gasteiger partial charge on any atom is -0.480 e. The lowest BCUT2D eigenvalue weighted by Crippen LogP contribution is -2.32. The number of rotatable bonds is 21. The van der Waals surface area contributed by atoms with Crippen LogP contribution in [-0.2, 0) is 4.79 Å². The molecule has 0 aliphatic rings. The van der Waals surface area contributed by atoms with Crippen LogP contribution in [0.5, 0.6) is 0 Å². The van der Waals surface area contributed by atoms with E-state index in [1.807, 2.05) is 6.20 Å². The van der Waals surface area contributed by atoms with Gasteiger partial charge in [0, 0.05) is 0 Å². The van der Waals surface area contributed by atoms with Crippen molar-refractivity contribution >= 4 is 5.97 Å². The zero-order valence-electron chi connectivity index (χ0n) is 18.3. The van der Waals surface area contributed by atoms with Gasteiger partial charge in [0.25, 0.3) is 0 Å². The van der Waals surface area contributed by atoms with Crippen LogP contribution in [0.4, 0.5) is 0 Å². The maximum Gasteiger partial charge on any atom is 0.326 e. The van der Waals surface area contributed by atoms with Crippen LogP contribution in [0.3, 0.4) is 0 Å². The Kier molecular flexibility index (Phi) is 20.5. The Morgan fingerprint density at radius 3 is 1.63 bits per heavy atom. The summed E-state index contributed by atoms with van der Waals surface area (Å²) in [5.41, 5.74) is 0. The predicted molar refractivity (Wildman–Crippen MR) is 118 cm³/mol. The van der Waals surface area contributed by atoms with E-state index in [4.69, 9.17) is 5.11 Å². The molecule has 0 aromatic heterocycles. The predicted octanol–water partition coefficient (Wildman–Crippen LogP) is 7.60. The SMILES string of the molecule is CCCCCCCCCCCCCCCCC=CNC(CCCC)C(=O)O. The Balaban J connectivity index is 3.31. The van der Waals surface area contributed by atoms with E-state index in [0.717, 1.165) is 19.3 Å². The molecule has 0 spiro atoms. The molecule has 0 fully saturated rings. The molecule has 160 valence electrons. The molecule has 27 heavy (non-hydrogen) atoms. The van der Waals surface area contributed by atoms with Crippen molar-refractivity contribution in [3.8, 4) is 0 Å². The number of carboxylic acid groups (broad SMARTS) is 1. The van der Waals surface area contributed by atoms with Gasteiger partial charge in [-0.25, -0.2) is 4.79 Å². The molecule has 0 aliphatic carbocycles. The lowest BCUT2D eigenvalue weighted by Gasteiger charge is -2.11. The summed E-state index contributed by atoms with van der Waals surface area (Å²) >= 11 is 0. The van der Waals surface area contributed by atoms with E-state index in [0.29, 0.717) is 6.42 Å². The minimum atomic E-state index is -0.746. The first-order chi connectivity index (χ1) is 13.2. The molecule has 1 atom stereocenters. The highest BCUT2D eigenvalue weighted by Gasteiger charge is 2.13. The minimum absolute atomic E-state index is 0.433. The molecule has 0 saturated carbocycles. The molecule has 1 unspecified atom stereocenters. The van der Waals surface area contributed by atoms with Gasteiger partial charge in [-0.1, -0.05) is 116 Å². The van der Waals surface area contributed by atoms with E-state index in [-0.39, 0.29) is 0 Å². The quantitative estimate of drug-likeness (QED) is 0.201. The fourth-order valence-electron chi connectivity index (χ4n) is 3.41. The van der Waals surface area contributed by atoms with Gasteiger partial charge in [0.2, 0.25) is 0 Å². The number of hydrogen-bond acceptors (Lipinski definition) is 2. The zero-order chi connectivity index (χ0) is 20.0. The number of allylic oxidation sites excluding steroid dienone is 1. The molecule has 0 radical (unpaired) electrons. The van der Waals surface area contributed by atoms with Crippen molar-refractivity contribution in [3.63, 3.8) is 0 Å². The van der Waals surface area contributed by atoms with Crippen molar-refractivity contribution in [3.05, 3.63) is 12.3 Å². The van der Waals surface area contributed by atoms with Gasteiger partial charge in [-0.05, 0) is 25.5 Å². The molecule has 0 heterocycles. The summed E-state index contributed by atoms with van der Waals surface area (Å²) in [6.07, 6.45) is 27.0. The van der Waals surface area contributed by atoms with E-state index in [9.17, 15) is 4.79 Å². The van der Waals surface area contributed by atoms with Crippen molar-refractivity contribution in [1.82, 2.24) is 5.32 Å². The second kappa shape index (κ2) is 21.3. The molecule has 0 aromatic rings. The van der Waals surface area contributed by atoms with Crippen LogP contribution in [0.1, 0.15) is 129 Å². The Labute approximate surface area is 169 Å². The lowest BCUT2D eigenvalue weighted by atomic mass is 10.0. The molecule has 0 aromatic carbocycles. The van der Waals surface area contributed by atoms with Crippen molar-refractivity contribution in [2.24, 2.45) is 0 Å². The van der Waals surface area contributed by atoms with Crippen LogP contribution in [0.2, 0.25) is 0 Å². The van der Waals surface area contributed by atoms with Crippen LogP contribution >= 0.6 is 0 Å². The van der Waals surface area contributed by atoms with Crippen LogP contribution in [0, 0.1) is 0 Å². The summed E-state index contributed by atoms with van der Waals surface area (Å²) < 4.78 is 0. The highest BCUT2D eigenvalue weighted by molar-refractivity contribution is 5.73. The molecule has 0 bridgehead atoms. The Morgan fingerprint density at radius 2 is 1.19 bits per heavy atom. The molecule has 0 rings (SSSR count). The first-order valence-electron chi connectivity index (χ1n) is 11.9. The van der Waals surface area contributed by atoms with E-state index in [1.165, 1.54) is 89.9 Å². The van der Waals surface area contributed by atoms with E-state index >= 15 is 0 Å². The van der Waals surface area contributed by atoms with Gasteiger partial charge in [-0.2, -0.15) is 0 Å². The Hall–Kier alpha value is -0.990. The Morgan fingerprint density at radius 1 is 0.741 bits per heavy atom. The monoisotopic (exact) mass is 381 g/mol. The van der Waals surface area contributed by atoms with Crippen LogP contribution in [-0.4, -0.2) is 17.1 Å². The summed E-state index contributed by atoms with van der Waals surface area (Å²) in [5.74, 6) is -0.746. The van der Waals surface area contributed by atoms with Crippen molar-refractivity contribution in [2.45, 2.75) is 135 Å². The summed E-state index contributed by atoms with van der Waals surface area (Å²) in [7, 11) is 0. The van der Waals surface area contributed by atoms with Gasteiger partial charge in [-0.15, -0.1) is 0 Å². The number of carbonyl (C=O) groups is 1. The van der Waals surface area contributed by atoms with E-state index in [2.05, 4.69) is 25.2 Å². The summed E-state index contributed by atoms with van der Waals surface area (Å²) in [4.78, 5) is 11.1. The molecule has 0 saturated heterocycles. The molecule has 3 nitrogen and oxygen atoms in total. The molecular weight excluding hydrogens is 334 g/mol. The number of unbranched alkanes of at least 4 members (excludes halogenated alkanes) is 15. The standard InChI is InChI=1S/C24H47NO2/c1-3-5-7-8-9-10-11-12-13-14-15-16-17-18-19-20-22-25-23(24(26)27)21-6-4-2/h20,22-23,25H,3-19,21H2,1-2H3,(H,26,27). The largest absolute Gasteiger partial charge is 0.480 e. The van der Waals surface area contributed by atoms with Gasteiger partial charge >= 0.3 is 5.97 Å². The third kappa shape index (κ3) is 19.6. The zero-order valence-corrected chi connectivity index (χ0v) is 18.3. The molecular formula is C24H47NO2. The third-order valence-corrected chi connectivity index (χ3v) is 5.28. The molecule has 3 heteroatoms. The first-order valence-corrected chi connectivity index (χ1v) is 11.9. The second-order valence-electron chi connectivity index (χ2n) is 7.99. The van der Waals surface area contributed by atoms with Gasteiger partial charge in [-0.3, -0.25) is 0 Å². The van der Waals surface area contributed by atoms with Crippen LogP contribution in [0.25, 0.3) is 0 Å². The molecule has 2 N–H and O–H groups in total. The topological polar surface area (TPSA) is 49.3 Å². The Bertz CT molecular complexity index is 341. The molecule has 0 aliphatic heterocycles. The first kappa shape index (κ1) is 26.0. The van der Waals surface area contributed by atoms with Crippen LogP contribution < -0.4 is 5.32 Å². The summed E-state index contributed by atoms with van der Waals surface area (Å²) in [6.45, 7) is 4.37. The highest BCUT2D eigenvalue weighted by Crippen LogP contribution is 2.13. The van der Waals surface area contributed by atoms with Crippen molar-refractivity contribution in [1.29, 1.82) is 0 Å². The number of nitrogens with one attached hydrogen (secondary N) is 1. The third-order valence-electron chi connectivity index (χ3n) is 5.28. The van der Waals surface area contributed by atoms with Crippen LogP contribution in [0.15, 0.2) is 12.3 Å². The lowest BCUT2D eigenvalue weighted by molar-refractivity contribution is -0.139. The number of aliphatic carboxylic acids is 1. The summed E-state index contributed by atoms with van der Waals surface area (Å²) in [5, 5.41) is 12.2. The second-order valence-corrected chi connectivity index (χ2v) is 7.99. The normalized spacial score (nSPS) is 12.5. The summed E-state index contributed by atoms with van der Waals surface area (Å²) in [6, 6.07) is -0.433. The fourth-order valence-corrected chi connectivity index (χ4v) is 3.41. The average molecular weight is 382 g/mol. The van der Waals surface area contributed by atoms with Gasteiger partial charge < -0.3 is 10.4 Å². The molecule has 0 amide bonds.